The van der Waals surface area contributed by atoms with E-state index >= 15 is 0 Å². The van der Waals surface area contributed by atoms with E-state index in [2.05, 4.69) is 256 Å². The number of hydrogen-bond acceptors (Lipinski definition) is 6. The maximum atomic E-state index is 7.17. The highest BCUT2D eigenvalue weighted by molar-refractivity contribution is 6.15. The number of furan rings is 1. The molecule has 0 spiro atoms. The molecule has 1 unspecified atom stereocenters. The summed E-state index contributed by atoms with van der Waals surface area (Å²) in [6.45, 7) is 0. The van der Waals surface area contributed by atoms with Gasteiger partial charge in [-0.2, -0.15) is 0 Å². The fourth-order valence-electron chi connectivity index (χ4n) is 12.8. The van der Waals surface area contributed by atoms with Crippen LogP contribution in [0.25, 0.3) is 116 Å². The molecule has 346 valence electrons. The number of hydrogen-bond donors (Lipinski definition) is 1. The minimum atomic E-state index is -0.243. The number of rotatable bonds is 4. The molecule has 1 N–H and O–H groups in total. The molecule has 74 heavy (non-hydrogen) atoms. The number of imidazole rings is 4. The van der Waals surface area contributed by atoms with Gasteiger partial charge in [0.25, 0.3) is 0 Å². The van der Waals surface area contributed by atoms with Crippen LogP contribution in [-0.2, 0) is 0 Å². The lowest BCUT2D eigenvalue weighted by Gasteiger charge is -2.27. The second-order valence-corrected chi connectivity index (χ2v) is 19.5. The summed E-state index contributed by atoms with van der Waals surface area (Å²) in [7, 11) is 0. The second-order valence-electron chi connectivity index (χ2n) is 19.5. The lowest BCUT2D eigenvalue weighted by atomic mass is 10.1. The number of benzene rings is 10. The van der Waals surface area contributed by atoms with Crippen LogP contribution >= 0.6 is 0 Å². The number of fused-ring (bicyclic) bond motifs is 21. The molecule has 0 aliphatic carbocycles. The first kappa shape index (κ1) is 38.5. The largest absolute Gasteiger partial charge is 0.454 e. The van der Waals surface area contributed by atoms with Gasteiger partial charge in [-0.3, -0.25) is 27.7 Å². The van der Waals surface area contributed by atoms with E-state index < -0.39 is 0 Å². The van der Waals surface area contributed by atoms with Gasteiger partial charge in [0.1, 0.15) is 5.58 Å². The fourth-order valence-corrected chi connectivity index (χ4v) is 12.8. The van der Waals surface area contributed by atoms with Crippen LogP contribution in [0, 0.1) is 0 Å². The summed E-state index contributed by atoms with van der Waals surface area (Å²) < 4.78 is 18.7. The van der Waals surface area contributed by atoms with Crippen molar-refractivity contribution in [2.75, 3.05) is 15.1 Å². The van der Waals surface area contributed by atoms with E-state index in [1.54, 1.807) is 0 Å². The SMILES string of the molecule is c1ccc2c(c1)NC1N2c2cc(-n3c4ccccc4c4ccccc43)ccc2N1c1cccc2c1oc1cccc(-n3c4ccc(-n5c6ccccc6n6c7ccccc7nc56)cc4n4c5ccccc5nc34)c12. The monoisotopic (exact) mass is 950 g/mol. The van der Waals surface area contributed by atoms with Gasteiger partial charge in [-0.15, -0.1) is 0 Å². The standard InChI is InChI=1S/C63H38N10O/c1-6-21-45-39(15-1)40-16-2-7-22-46(40)67(45)37-31-33-53-56(35-37)71-49-25-10-5-20-44(49)66-63(71)73(53)55-29-13-17-41-59-54(28-14-30-58(59)74-60(41)55)72-52-34-32-38(36-57(52)70-48-24-9-4-19-43(48)65-62(70)72)68-50-26-11-12-27-51(50)69-47-23-8-3-18-42(47)64-61(68)69/h1-36,63,66H. The Hall–Kier alpha value is -10.3. The maximum Gasteiger partial charge on any atom is 0.220 e. The lowest BCUT2D eigenvalue weighted by molar-refractivity contribution is 0.665. The van der Waals surface area contributed by atoms with Gasteiger partial charge >= 0.3 is 0 Å². The Balaban J connectivity index is 0.848. The van der Waals surface area contributed by atoms with Crippen molar-refractivity contribution in [3.8, 4) is 17.1 Å². The molecule has 0 radical (unpaired) electrons. The molecular formula is C63H38N10O. The van der Waals surface area contributed by atoms with Crippen molar-refractivity contribution in [2.24, 2.45) is 0 Å². The van der Waals surface area contributed by atoms with Crippen molar-refractivity contribution < 1.29 is 4.42 Å². The van der Waals surface area contributed by atoms with Crippen molar-refractivity contribution in [2.45, 2.75) is 6.29 Å². The number of nitrogens with one attached hydrogen (secondary N) is 1. The van der Waals surface area contributed by atoms with Gasteiger partial charge in [0.05, 0.1) is 100 Å². The molecule has 18 rings (SSSR count). The van der Waals surface area contributed by atoms with Crippen LogP contribution in [0.3, 0.4) is 0 Å². The predicted molar refractivity (Wildman–Crippen MR) is 299 cm³/mol. The molecule has 0 bridgehead atoms. The average Bonchev–Trinajstić information content (AvgIpc) is 4.38. The number of anilines is 5. The molecule has 0 saturated carbocycles. The van der Waals surface area contributed by atoms with Crippen LogP contribution in [0.1, 0.15) is 0 Å². The van der Waals surface area contributed by atoms with E-state index in [0.29, 0.717) is 0 Å². The van der Waals surface area contributed by atoms with Crippen LogP contribution in [0.5, 0.6) is 0 Å². The van der Waals surface area contributed by atoms with Gasteiger partial charge in [-0.1, -0.05) is 103 Å². The topological polar surface area (TPSA) is 81.0 Å². The smallest absolute Gasteiger partial charge is 0.220 e. The molecule has 11 heteroatoms. The molecule has 11 nitrogen and oxygen atoms in total. The van der Waals surface area contributed by atoms with Gasteiger partial charge in [-0.05, 0) is 115 Å². The third-order valence-electron chi connectivity index (χ3n) is 15.8. The average molecular weight is 951 g/mol. The van der Waals surface area contributed by atoms with Crippen LogP contribution < -0.4 is 15.1 Å². The zero-order valence-corrected chi connectivity index (χ0v) is 39.3. The number of aromatic nitrogens is 7. The lowest BCUT2D eigenvalue weighted by Crippen LogP contribution is -2.40. The van der Waals surface area contributed by atoms with Crippen LogP contribution in [-0.4, -0.2) is 38.8 Å². The Morgan fingerprint density at radius 1 is 0.365 bits per heavy atom. The van der Waals surface area contributed by atoms with E-state index in [4.69, 9.17) is 14.4 Å². The van der Waals surface area contributed by atoms with Gasteiger partial charge in [0.2, 0.25) is 11.6 Å². The van der Waals surface area contributed by atoms with Crippen LogP contribution in [0.2, 0.25) is 0 Å². The number of nitrogens with zero attached hydrogens (tertiary/aromatic N) is 9. The quantitative estimate of drug-likeness (QED) is 0.189. The fraction of sp³-hybridized carbons (Fsp3) is 0.0159. The molecule has 6 aromatic heterocycles. The molecule has 16 aromatic rings. The summed E-state index contributed by atoms with van der Waals surface area (Å²) in [6, 6.07) is 77.9. The molecule has 8 heterocycles. The molecule has 0 amide bonds. The van der Waals surface area contributed by atoms with Crippen LogP contribution in [0.15, 0.2) is 223 Å². The van der Waals surface area contributed by atoms with Crippen molar-refractivity contribution in [3.63, 3.8) is 0 Å². The normalized spacial score (nSPS) is 14.4. The molecule has 1 atom stereocenters. The molecule has 0 saturated heterocycles. The Morgan fingerprint density at radius 2 is 0.919 bits per heavy atom. The van der Waals surface area contributed by atoms with Gasteiger partial charge < -0.3 is 14.3 Å². The minimum Gasteiger partial charge on any atom is -0.454 e. The maximum absolute atomic E-state index is 7.17. The van der Waals surface area contributed by atoms with E-state index in [0.717, 1.165) is 123 Å². The van der Waals surface area contributed by atoms with Gasteiger partial charge in [0.15, 0.2) is 11.9 Å². The summed E-state index contributed by atoms with van der Waals surface area (Å²) in [4.78, 5) is 15.4. The van der Waals surface area contributed by atoms with Crippen molar-refractivity contribution in [1.29, 1.82) is 0 Å². The summed E-state index contributed by atoms with van der Waals surface area (Å²) in [6.07, 6.45) is -0.243. The Bertz CT molecular complexity index is 5070. The summed E-state index contributed by atoms with van der Waals surface area (Å²) >= 11 is 0. The first-order valence-electron chi connectivity index (χ1n) is 25.0. The molecular weight excluding hydrogens is 913 g/mol. The summed E-state index contributed by atoms with van der Waals surface area (Å²) in [5, 5.41) is 8.42. The van der Waals surface area contributed by atoms with Crippen molar-refractivity contribution >= 4 is 128 Å². The molecule has 2 aliphatic rings. The number of para-hydroxylation sites is 11. The Morgan fingerprint density at radius 3 is 1.70 bits per heavy atom. The van der Waals surface area contributed by atoms with Gasteiger partial charge in [-0.25, -0.2) is 9.97 Å². The summed E-state index contributed by atoms with van der Waals surface area (Å²) in [5.41, 5.74) is 20.7. The summed E-state index contributed by atoms with van der Waals surface area (Å²) in [5.74, 6) is 1.69. The zero-order valence-electron chi connectivity index (χ0n) is 39.3. The molecule has 2 aliphatic heterocycles. The van der Waals surface area contributed by atoms with E-state index in [1.807, 2.05) is 0 Å². The third kappa shape index (κ3) is 4.80. The zero-order chi connectivity index (χ0) is 47.9. The van der Waals surface area contributed by atoms with Crippen molar-refractivity contribution in [3.05, 3.63) is 218 Å². The highest BCUT2D eigenvalue weighted by atomic mass is 16.3. The second kappa shape index (κ2) is 13.8. The Kier molecular flexibility index (Phi) is 7.17. The first-order chi connectivity index (χ1) is 36.7. The van der Waals surface area contributed by atoms with E-state index in [9.17, 15) is 0 Å². The molecule has 0 fully saturated rings. The highest BCUT2D eigenvalue weighted by Crippen LogP contribution is 2.55. The predicted octanol–water partition coefficient (Wildman–Crippen LogP) is 15.2. The van der Waals surface area contributed by atoms with Crippen molar-refractivity contribution in [1.82, 2.24) is 32.5 Å². The van der Waals surface area contributed by atoms with Crippen LogP contribution in [0.4, 0.5) is 28.4 Å². The van der Waals surface area contributed by atoms with E-state index in [-0.39, 0.29) is 6.29 Å². The third-order valence-corrected chi connectivity index (χ3v) is 15.8. The first-order valence-corrected chi connectivity index (χ1v) is 25.0. The highest BCUT2D eigenvalue weighted by Gasteiger charge is 2.44. The Labute approximate surface area is 419 Å². The van der Waals surface area contributed by atoms with Gasteiger partial charge in [0, 0.05) is 21.8 Å². The van der Waals surface area contributed by atoms with E-state index in [1.165, 1.54) is 21.8 Å². The molecule has 10 aromatic carbocycles. The minimum absolute atomic E-state index is 0.243.